The molecule has 0 spiro atoms. The van der Waals surface area contributed by atoms with Crippen LogP contribution in [-0.2, 0) is 9.59 Å². The minimum Gasteiger partial charge on any atom is -0.495 e. The summed E-state index contributed by atoms with van der Waals surface area (Å²) in [6.07, 6.45) is 0.229. The highest BCUT2D eigenvalue weighted by atomic mass is 16.5. The zero-order chi connectivity index (χ0) is 21.4. The van der Waals surface area contributed by atoms with Gasteiger partial charge in [-0.2, -0.15) is 5.10 Å². The number of hydrogen-bond acceptors (Lipinski definition) is 5. The van der Waals surface area contributed by atoms with Gasteiger partial charge in [-0.25, -0.2) is 0 Å². The van der Waals surface area contributed by atoms with Gasteiger partial charge in [-0.1, -0.05) is 24.3 Å². The molecule has 8 heteroatoms. The molecule has 3 aromatic rings. The Bertz CT molecular complexity index is 1120. The number of piperazine rings is 1. The highest BCUT2D eigenvalue weighted by Gasteiger charge is 2.39. The predicted octanol–water partition coefficient (Wildman–Crippen LogP) is 2.27. The fourth-order valence-corrected chi connectivity index (χ4v) is 4.55. The zero-order valence-corrected chi connectivity index (χ0v) is 17.5. The number of amides is 2. The van der Waals surface area contributed by atoms with Gasteiger partial charge in [-0.15, -0.1) is 0 Å². The van der Waals surface area contributed by atoms with Crippen LogP contribution in [0.15, 0.2) is 48.5 Å². The summed E-state index contributed by atoms with van der Waals surface area (Å²) < 4.78 is 5.47. The highest BCUT2D eigenvalue weighted by Crippen LogP contribution is 2.31. The van der Waals surface area contributed by atoms with Crippen LogP contribution in [0.2, 0.25) is 0 Å². The van der Waals surface area contributed by atoms with Gasteiger partial charge in [0.25, 0.3) is 0 Å². The Morgan fingerprint density at radius 1 is 1.06 bits per heavy atom. The minimum atomic E-state index is -0.333. The number of aromatic amines is 1. The Morgan fingerprint density at radius 3 is 2.61 bits per heavy atom. The van der Waals surface area contributed by atoms with Gasteiger partial charge >= 0.3 is 0 Å². The Morgan fingerprint density at radius 2 is 1.81 bits per heavy atom. The number of carbonyl (C=O) groups is 2. The van der Waals surface area contributed by atoms with Gasteiger partial charge in [0, 0.05) is 44.5 Å². The van der Waals surface area contributed by atoms with Gasteiger partial charge < -0.3 is 14.5 Å². The first-order valence-electron chi connectivity index (χ1n) is 10.6. The van der Waals surface area contributed by atoms with E-state index in [2.05, 4.69) is 15.1 Å². The van der Waals surface area contributed by atoms with Crippen molar-refractivity contribution in [2.75, 3.05) is 49.6 Å². The number of ether oxygens (including phenoxy) is 1. The normalized spacial score (nSPS) is 19.3. The molecule has 5 rings (SSSR count). The van der Waals surface area contributed by atoms with Gasteiger partial charge in [0.2, 0.25) is 11.8 Å². The van der Waals surface area contributed by atoms with Crippen LogP contribution in [0.3, 0.4) is 0 Å². The molecule has 2 amide bonds. The summed E-state index contributed by atoms with van der Waals surface area (Å²) in [5.41, 5.74) is 1.93. The van der Waals surface area contributed by atoms with Gasteiger partial charge in [-0.3, -0.25) is 19.6 Å². The topological polar surface area (TPSA) is 81.8 Å². The molecule has 2 aliphatic heterocycles. The second kappa shape index (κ2) is 7.94. The molecule has 0 saturated carbocycles. The maximum Gasteiger partial charge on any atom is 0.229 e. The lowest BCUT2D eigenvalue weighted by atomic mass is 10.1. The third-order valence-corrected chi connectivity index (χ3v) is 6.20. The molecular weight excluding hydrogens is 394 g/mol. The number of nitrogens with zero attached hydrogens (tertiary/aromatic N) is 4. The maximum atomic E-state index is 13.2. The molecule has 0 radical (unpaired) electrons. The van der Waals surface area contributed by atoms with Crippen molar-refractivity contribution in [1.29, 1.82) is 0 Å². The van der Waals surface area contributed by atoms with Gasteiger partial charge in [0.15, 0.2) is 5.82 Å². The molecule has 2 aromatic carbocycles. The summed E-state index contributed by atoms with van der Waals surface area (Å²) in [5.74, 6) is 1.11. The van der Waals surface area contributed by atoms with Crippen molar-refractivity contribution in [2.45, 2.75) is 6.42 Å². The highest BCUT2D eigenvalue weighted by molar-refractivity contribution is 6.05. The number of fused-ring (bicyclic) bond motifs is 1. The number of para-hydroxylation sites is 3. The van der Waals surface area contributed by atoms with Gasteiger partial charge in [0.05, 0.1) is 24.2 Å². The fraction of sp³-hybridized carbons (Fsp3) is 0.348. The van der Waals surface area contributed by atoms with Crippen LogP contribution in [0.25, 0.3) is 10.9 Å². The number of hydrogen-bond donors (Lipinski definition) is 1. The molecule has 1 aromatic heterocycles. The first-order valence-corrected chi connectivity index (χ1v) is 10.6. The number of aromatic nitrogens is 2. The van der Waals surface area contributed by atoms with Crippen molar-refractivity contribution in [1.82, 2.24) is 15.1 Å². The van der Waals surface area contributed by atoms with E-state index in [9.17, 15) is 9.59 Å². The van der Waals surface area contributed by atoms with E-state index >= 15 is 0 Å². The number of H-pyrrole nitrogens is 1. The molecule has 2 saturated heterocycles. The molecule has 2 fully saturated rings. The lowest BCUT2D eigenvalue weighted by Crippen LogP contribution is -2.50. The van der Waals surface area contributed by atoms with Crippen LogP contribution >= 0.6 is 0 Å². The molecule has 1 unspecified atom stereocenters. The molecule has 0 bridgehead atoms. The maximum absolute atomic E-state index is 13.2. The average molecular weight is 419 g/mol. The number of anilines is 2. The summed E-state index contributed by atoms with van der Waals surface area (Å²) in [5, 5.41) is 8.20. The third kappa shape index (κ3) is 3.48. The first-order chi connectivity index (χ1) is 15.2. The summed E-state index contributed by atoms with van der Waals surface area (Å²) >= 11 is 0. The van der Waals surface area contributed by atoms with E-state index in [4.69, 9.17) is 4.74 Å². The quantitative estimate of drug-likeness (QED) is 0.702. The van der Waals surface area contributed by atoms with Crippen LogP contribution in [-0.4, -0.2) is 66.7 Å². The minimum absolute atomic E-state index is 0.0513. The van der Waals surface area contributed by atoms with Crippen molar-refractivity contribution in [3.8, 4) is 5.75 Å². The van der Waals surface area contributed by atoms with E-state index in [1.807, 2.05) is 53.4 Å². The summed E-state index contributed by atoms with van der Waals surface area (Å²) in [7, 11) is 1.67. The molecule has 31 heavy (non-hydrogen) atoms. The van der Waals surface area contributed by atoms with E-state index in [-0.39, 0.29) is 24.2 Å². The predicted molar refractivity (Wildman–Crippen MR) is 118 cm³/mol. The number of benzene rings is 2. The third-order valence-electron chi connectivity index (χ3n) is 6.20. The summed E-state index contributed by atoms with van der Waals surface area (Å²) in [6, 6.07) is 15.6. The molecule has 2 aliphatic rings. The second-order valence-corrected chi connectivity index (χ2v) is 7.98. The molecule has 3 heterocycles. The number of nitrogens with one attached hydrogen (secondary N) is 1. The van der Waals surface area contributed by atoms with Crippen LogP contribution in [0, 0.1) is 5.92 Å². The molecule has 0 aliphatic carbocycles. The van der Waals surface area contributed by atoms with Crippen LogP contribution in [0.1, 0.15) is 6.42 Å². The summed E-state index contributed by atoms with van der Waals surface area (Å²) in [6.45, 7) is 3.11. The fourth-order valence-electron chi connectivity index (χ4n) is 4.55. The van der Waals surface area contributed by atoms with Crippen molar-refractivity contribution >= 4 is 34.2 Å². The Labute approximate surface area is 180 Å². The Hall–Kier alpha value is -3.55. The summed E-state index contributed by atoms with van der Waals surface area (Å²) in [4.78, 5) is 31.6. The lowest BCUT2D eigenvalue weighted by Gasteiger charge is -2.37. The monoisotopic (exact) mass is 419 g/mol. The van der Waals surface area contributed by atoms with Crippen molar-refractivity contribution in [2.24, 2.45) is 5.92 Å². The van der Waals surface area contributed by atoms with E-state index in [1.165, 1.54) is 0 Å². The van der Waals surface area contributed by atoms with Crippen molar-refractivity contribution < 1.29 is 14.3 Å². The van der Waals surface area contributed by atoms with Crippen LogP contribution in [0.5, 0.6) is 5.75 Å². The van der Waals surface area contributed by atoms with Crippen LogP contribution in [0.4, 0.5) is 11.5 Å². The SMILES string of the molecule is COc1ccccc1N1CCN(C(=O)C2CC(=O)N(c3n[nH]c4ccccc34)C2)CC1. The zero-order valence-electron chi connectivity index (χ0n) is 17.5. The van der Waals surface area contributed by atoms with E-state index in [0.29, 0.717) is 25.5 Å². The van der Waals surface area contributed by atoms with E-state index in [1.54, 1.807) is 12.0 Å². The Kier molecular flexibility index (Phi) is 4.97. The first kappa shape index (κ1) is 19.4. The molecule has 1 N–H and O–H groups in total. The van der Waals surface area contributed by atoms with Gasteiger partial charge in [0.1, 0.15) is 5.75 Å². The molecule has 160 valence electrons. The second-order valence-electron chi connectivity index (χ2n) is 7.98. The van der Waals surface area contributed by atoms with Crippen molar-refractivity contribution in [3.05, 3.63) is 48.5 Å². The number of rotatable bonds is 4. The van der Waals surface area contributed by atoms with E-state index in [0.717, 1.165) is 35.4 Å². The lowest BCUT2D eigenvalue weighted by molar-refractivity contribution is -0.136. The largest absolute Gasteiger partial charge is 0.495 e. The Balaban J connectivity index is 1.25. The molecule has 1 atom stereocenters. The molecular formula is C23H25N5O3. The van der Waals surface area contributed by atoms with Gasteiger partial charge in [-0.05, 0) is 24.3 Å². The van der Waals surface area contributed by atoms with Crippen molar-refractivity contribution in [3.63, 3.8) is 0 Å². The average Bonchev–Trinajstić information content (AvgIpc) is 3.42. The van der Waals surface area contributed by atoms with Crippen LogP contribution < -0.4 is 14.5 Å². The number of carbonyl (C=O) groups excluding carboxylic acids is 2. The molecule has 8 nitrogen and oxygen atoms in total. The van der Waals surface area contributed by atoms with E-state index < -0.39 is 0 Å². The number of methoxy groups -OCH3 is 1. The standard InChI is InChI=1S/C23H25N5O3/c1-31-20-9-5-4-8-19(20)26-10-12-27(13-11-26)23(30)16-14-21(29)28(15-16)22-17-6-2-3-7-18(17)24-25-22/h2-9,16H,10-15H2,1H3,(H,24,25). The smallest absolute Gasteiger partial charge is 0.229 e.